The molecule has 0 heterocycles. The number of aryl methyl sites for hydroxylation is 1. The van der Waals surface area contributed by atoms with Crippen molar-refractivity contribution >= 4 is 5.69 Å². The van der Waals surface area contributed by atoms with Crippen LogP contribution in [0.15, 0.2) is 18.2 Å². The maximum Gasteiger partial charge on any atom is 0.125 e. The molecule has 0 bridgehead atoms. The fraction of sp³-hybridized carbons (Fsp3) is 0.500. The van der Waals surface area contributed by atoms with Gasteiger partial charge in [0.1, 0.15) is 11.9 Å². The first-order chi connectivity index (χ1) is 8.10. The maximum absolute atomic E-state index is 13.2. The predicted octanol–water partition coefficient (Wildman–Crippen LogP) is 3.87. The molecule has 0 spiro atoms. The van der Waals surface area contributed by atoms with Gasteiger partial charge in [0, 0.05) is 5.69 Å². The highest BCUT2D eigenvalue weighted by molar-refractivity contribution is 5.48. The van der Waals surface area contributed by atoms with Crippen molar-refractivity contribution in [1.29, 1.82) is 5.26 Å². The van der Waals surface area contributed by atoms with Gasteiger partial charge in [0.15, 0.2) is 0 Å². The Bertz CT molecular complexity index is 385. The molecule has 0 saturated carbocycles. The summed E-state index contributed by atoms with van der Waals surface area (Å²) in [7, 11) is 0. The highest BCUT2D eigenvalue weighted by Gasteiger charge is 2.17. The number of hydrogen-bond donors (Lipinski definition) is 1. The minimum atomic E-state index is -0.270. The third kappa shape index (κ3) is 3.74. The van der Waals surface area contributed by atoms with Crippen molar-refractivity contribution in [3.63, 3.8) is 0 Å². The summed E-state index contributed by atoms with van der Waals surface area (Å²) in [4.78, 5) is 0. The SMILES string of the molecule is CCC(CC)C(C#N)Nc1cc(C)cc(F)c1. The van der Waals surface area contributed by atoms with E-state index in [1.807, 2.05) is 13.0 Å². The Morgan fingerprint density at radius 1 is 1.29 bits per heavy atom. The van der Waals surface area contributed by atoms with Gasteiger partial charge in [-0.3, -0.25) is 0 Å². The molecule has 1 aromatic carbocycles. The second-order valence-electron chi connectivity index (χ2n) is 4.34. The van der Waals surface area contributed by atoms with E-state index >= 15 is 0 Å². The van der Waals surface area contributed by atoms with E-state index in [4.69, 9.17) is 5.26 Å². The first-order valence-corrected chi connectivity index (χ1v) is 6.04. The van der Waals surface area contributed by atoms with Crippen molar-refractivity contribution in [2.75, 3.05) is 5.32 Å². The van der Waals surface area contributed by atoms with Crippen molar-refractivity contribution in [3.05, 3.63) is 29.6 Å². The van der Waals surface area contributed by atoms with E-state index in [0.29, 0.717) is 11.6 Å². The van der Waals surface area contributed by atoms with Gasteiger partial charge in [0.05, 0.1) is 6.07 Å². The normalized spacial score (nSPS) is 12.2. The van der Waals surface area contributed by atoms with Crippen LogP contribution in [0.2, 0.25) is 0 Å². The Labute approximate surface area is 102 Å². The van der Waals surface area contributed by atoms with Crippen LogP contribution in [0.5, 0.6) is 0 Å². The van der Waals surface area contributed by atoms with Gasteiger partial charge in [-0.1, -0.05) is 26.7 Å². The second-order valence-corrected chi connectivity index (χ2v) is 4.34. The van der Waals surface area contributed by atoms with Crippen LogP contribution in [-0.2, 0) is 0 Å². The first kappa shape index (κ1) is 13.5. The lowest BCUT2D eigenvalue weighted by molar-refractivity contribution is 0.469. The van der Waals surface area contributed by atoms with Crippen LogP contribution in [0.3, 0.4) is 0 Å². The Morgan fingerprint density at radius 2 is 1.94 bits per heavy atom. The number of anilines is 1. The summed E-state index contributed by atoms with van der Waals surface area (Å²) >= 11 is 0. The monoisotopic (exact) mass is 234 g/mol. The second kappa shape index (κ2) is 6.24. The van der Waals surface area contributed by atoms with E-state index in [1.165, 1.54) is 12.1 Å². The largest absolute Gasteiger partial charge is 0.370 e. The van der Waals surface area contributed by atoms with Crippen LogP contribution >= 0.6 is 0 Å². The number of hydrogen-bond acceptors (Lipinski definition) is 2. The lowest BCUT2D eigenvalue weighted by Crippen LogP contribution is -2.26. The van der Waals surface area contributed by atoms with Crippen LogP contribution in [0.4, 0.5) is 10.1 Å². The van der Waals surface area contributed by atoms with E-state index < -0.39 is 0 Å². The molecule has 0 fully saturated rings. The fourth-order valence-electron chi connectivity index (χ4n) is 2.01. The Balaban J connectivity index is 2.84. The van der Waals surface area contributed by atoms with Gasteiger partial charge in [0.25, 0.3) is 0 Å². The summed E-state index contributed by atoms with van der Waals surface area (Å²) < 4.78 is 13.2. The van der Waals surface area contributed by atoms with E-state index in [2.05, 4.69) is 25.2 Å². The number of rotatable bonds is 5. The van der Waals surface area contributed by atoms with Crippen LogP contribution in [0.1, 0.15) is 32.3 Å². The number of nitriles is 1. The molecule has 92 valence electrons. The topological polar surface area (TPSA) is 35.8 Å². The van der Waals surface area contributed by atoms with Crippen molar-refractivity contribution in [2.45, 2.75) is 39.7 Å². The molecule has 1 rings (SSSR count). The molecule has 0 radical (unpaired) electrons. The summed E-state index contributed by atoms with van der Waals surface area (Å²) in [5.74, 6) is 0.0253. The van der Waals surface area contributed by atoms with E-state index in [1.54, 1.807) is 0 Å². The molecule has 1 aromatic rings. The molecule has 2 nitrogen and oxygen atoms in total. The Kier molecular flexibility index (Phi) is 4.96. The van der Waals surface area contributed by atoms with Gasteiger partial charge < -0.3 is 5.32 Å². The molecule has 1 N–H and O–H groups in total. The maximum atomic E-state index is 13.2. The minimum absolute atomic E-state index is 0.258. The summed E-state index contributed by atoms with van der Waals surface area (Å²) in [6.07, 6.45) is 1.88. The van der Waals surface area contributed by atoms with E-state index in [-0.39, 0.29) is 11.9 Å². The smallest absolute Gasteiger partial charge is 0.125 e. The summed E-state index contributed by atoms with van der Waals surface area (Å²) in [6.45, 7) is 5.97. The molecule has 0 aliphatic carbocycles. The highest BCUT2D eigenvalue weighted by atomic mass is 19.1. The van der Waals surface area contributed by atoms with Crippen LogP contribution in [-0.4, -0.2) is 6.04 Å². The molecule has 0 aromatic heterocycles. The molecule has 1 atom stereocenters. The van der Waals surface area contributed by atoms with Crippen LogP contribution in [0, 0.1) is 30.0 Å². The Morgan fingerprint density at radius 3 is 2.41 bits per heavy atom. The third-order valence-electron chi connectivity index (χ3n) is 3.02. The Hall–Kier alpha value is -1.56. The summed E-state index contributed by atoms with van der Waals surface area (Å²) in [5.41, 5.74) is 1.54. The highest BCUT2D eigenvalue weighted by Crippen LogP contribution is 2.19. The lowest BCUT2D eigenvalue weighted by atomic mass is 9.95. The van der Waals surface area contributed by atoms with E-state index in [9.17, 15) is 4.39 Å². The van der Waals surface area contributed by atoms with Crippen molar-refractivity contribution in [2.24, 2.45) is 5.92 Å². The van der Waals surface area contributed by atoms with E-state index in [0.717, 1.165) is 18.4 Å². The molecular weight excluding hydrogens is 215 g/mol. The number of nitrogens with one attached hydrogen (secondary N) is 1. The zero-order valence-corrected chi connectivity index (χ0v) is 10.6. The predicted molar refractivity (Wildman–Crippen MR) is 68.2 cm³/mol. The van der Waals surface area contributed by atoms with Crippen molar-refractivity contribution < 1.29 is 4.39 Å². The minimum Gasteiger partial charge on any atom is -0.370 e. The zero-order chi connectivity index (χ0) is 12.8. The van der Waals surface area contributed by atoms with Gasteiger partial charge in [-0.25, -0.2) is 4.39 Å². The average Bonchev–Trinajstić information content (AvgIpc) is 2.27. The van der Waals surface area contributed by atoms with Gasteiger partial charge in [-0.15, -0.1) is 0 Å². The summed E-state index contributed by atoms with van der Waals surface area (Å²) in [5, 5.41) is 12.3. The molecule has 0 saturated heterocycles. The number of nitrogens with zero attached hydrogens (tertiary/aromatic N) is 1. The van der Waals surface area contributed by atoms with Gasteiger partial charge in [0.2, 0.25) is 0 Å². The zero-order valence-electron chi connectivity index (χ0n) is 10.6. The standard InChI is InChI=1S/C14H19FN2/c1-4-11(5-2)14(9-16)17-13-7-10(3)6-12(15)8-13/h6-8,11,14,17H,4-5H2,1-3H3. The molecule has 0 aliphatic heterocycles. The molecule has 3 heteroatoms. The molecule has 0 amide bonds. The number of halogens is 1. The fourth-order valence-corrected chi connectivity index (χ4v) is 2.01. The lowest BCUT2D eigenvalue weighted by Gasteiger charge is -2.21. The van der Waals surface area contributed by atoms with Gasteiger partial charge in [-0.05, 0) is 36.6 Å². The van der Waals surface area contributed by atoms with Gasteiger partial charge in [-0.2, -0.15) is 5.26 Å². The van der Waals surface area contributed by atoms with Crippen molar-refractivity contribution in [1.82, 2.24) is 0 Å². The van der Waals surface area contributed by atoms with Gasteiger partial charge >= 0.3 is 0 Å². The first-order valence-electron chi connectivity index (χ1n) is 6.04. The molecule has 1 unspecified atom stereocenters. The third-order valence-corrected chi connectivity index (χ3v) is 3.02. The van der Waals surface area contributed by atoms with Crippen LogP contribution < -0.4 is 5.32 Å². The van der Waals surface area contributed by atoms with Crippen LogP contribution in [0.25, 0.3) is 0 Å². The molecular formula is C14H19FN2. The average molecular weight is 234 g/mol. The quantitative estimate of drug-likeness (QED) is 0.839. The van der Waals surface area contributed by atoms with Crippen molar-refractivity contribution in [3.8, 4) is 6.07 Å². The molecule has 0 aliphatic rings. The molecule has 17 heavy (non-hydrogen) atoms. The number of benzene rings is 1. The summed E-state index contributed by atoms with van der Waals surface area (Å²) in [6, 6.07) is 6.76.